The number of carbonyl (C=O) groups excluding carboxylic acids is 2. The molecule has 0 spiro atoms. The maximum Gasteiger partial charge on any atom is 0.222 e. The molecule has 2 fully saturated rings. The van der Waals surface area contributed by atoms with Crippen LogP contribution < -0.4 is 10.6 Å². The third-order valence-electron chi connectivity index (χ3n) is 5.30. The Morgan fingerprint density at radius 3 is 2.62 bits per heavy atom. The van der Waals surface area contributed by atoms with E-state index in [2.05, 4.69) is 17.6 Å². The zero-order valence-electron chi connectivity index (χ0n) is 15.2. The fourth-order valence-electron chi connectivity index (χ4n) is 3.83. The number of hydrogen-bond acceptors (Lipinski definition) is 3. The highest BCUT2D eigenvalue weighted by atomic mass is 35.5. The molecule has 2 aliphatic rings. The Hall–Kier alpha value is -0.810. The van der Waals surface area contributed by atoms with Gasteiger partial charge in [-0.15, -0.1) is 12.4 Å². The predicted octanol–water partition coefficient (Wildman–Crippen LogP) is 2.34. The maximum absolute atomic E-state index is 12.6. The minimum atomic E-state index is 0. The van der Waals surface area contributed by atoms with Crippen molar-refractivity contribution in [2.75, 3.05) is 26.2 Å². The molecule has 2 atom stereocenters. The van der Waals surface area contributed by atoms with Gasteiger partial charge in [-0.1, -0.05) is 13.8 Å². The first-order valence-electron chi connectivity index (χ1n) is 9.38. The molecule has 0 bridgehead atoms. The van der Waals surface area contributed by atoms with E-state index in [0.717, 1.165) is 38.9 Å². The summed E-state index contributed by atoms with van der Waals surface area (Å²) in [5.74, 6) is 1.52. The maximum atomic E-state index is 12.6. The minimum absolute atomic E-state index is 0. The minimum Gasteiger partial charge on any atom is -0.352 e. The molecule has 140 valence electrons. The van der Waals surface area contributed by atoms with Crippen LogP contribution in [-0.4, -0.2) is 48.9 Å². The van der Waals surface area contributed by atoms with Crippen LogP contribution in [-0.2, 0) is 9.59 Å². The Bertz CT molecular complexity index is 400. The lowest BCUT2D eigenvalue weighted by Gasteiger charge is -2.35. The monoisotopic (exact) mass is 359 g/mol. The Morgan fingerprint density at radius 1 is 1.25 bits per heavy atom. The lowest BCUT2D eigenvalue weighted by Crippen LogP contribution is -2.50. The van der Waals surface area contributed by atoms with E-state index in [1.54, 1.807) is 0 Å². The number of amides is 2. The second-order valence-electron chi connectivity index (χ2n) is 7.27. The molecular formula is C18H34ClN3O2. The highest BCUT2D eigenvalue weighted by Gasteiger charge is 2.28. The van der Waals surface area contributed by atoms with Gasteiger partial charge in [0.15, 0.2) is 0 Å². The SMILES string of the molecule is CCCC(=O)NC1CCCN(C(=O)CC(C)C2CCNCC2)C1.Cl. The van der Waals surface area contributed by atoms with Gasteiger partial charge >= 0.3 is 0 Å². The van der Waals surface area contributed by atoms with Crippen molar-refractivity contribution in [3.63, 3.8) is 0 Å². The third-order valence-corrected chi connectivity index (χ3v) is 5.30. The highest BCUT2D eigenvalue weighted by molar-refractivity contribution is 5.85. The summed E-state index contributed by atoms with van der Waals surface area (Å²) in [6.07, 6.45) is 6.45. The Balaban J connectivity index is 0.00000288. The van der Waals surface area contributed by atoms with Crippen LogP contribution in [0.25, 0.3) is 0 Å². The molecule has 0 aliphatic carbocycles. The van der Waals surface area contributed by atoms with Gasteiger partial charge in [-0.25, -0.2) is 0 Å². The molecule has 2 saturated heterocycles. The smallest absolute Gasteiger partial charge is 0.222 e. The van der Waals surface area contributed by atoms with E-state index >= 15 is 0 Å². The highest BCUT2D eigenvalue weighted by Crippen LogP contribution is 2.25. The summed E-state index contributed by atoms with van der Waals surface area (Å²) in [6, 6.07) is 0.140. The van der Waals surface area contributed by atoms with E-state index in [0.29, 0.717) is 31.2 Å². The van der Waals surface area contributed by atoms with Crippen LogP contribution in [0.15, 0.2) is 0 Å². The molecule has 24 heavy (non-hydrogen) atoms. The molecule has 0 aromatic rings. The first kappa shape index (κ1) is 21.2. The van der Waals surface area contributed by atoms with E-state index in [9.17, 15) is 9.59 Å². The molecule has 0 saturated carbocycles. The number of piperidine rings is 2. The topological polar surface area (TPSA) is 61.4 Å². The van der Waals surface area contributed by atoms with Crippen molar-refractivity contribution in [1.29, 1.82) is 0 Å². The number of halogens is 1. The number of nitrogens with one attached hydrogen (secondary N) is 2. The van der Waals surface area contributed by atoms with E-state index in [-0.39, 0.29) is 30.3 Å². The molecule has 2 aliphatic heterocycles. The van der Waals surface area contributed by atoms with Gasteiger partial charge < -0.3 is 15.5 Å². The van der Waals surface area contributed by atoms with Crippen molar-refractivity contribution in [2.24, 2.45) is 11.8 Å². The molecule has 0 aromatic carbocycles. The Kier molecular flexibility index (Phi) is 9.67. The molecular weight excluding hydrogens is 326 g/mol. The molecule has 2 rings (SSSR count). The van der Waals surface area contributed by atoms with E-state index in [4.69, 9.17) is 0 Å². The van der Waals surface area contributed by atoms with Crippen molar-refractivity contribution >= 4 is 24.2 Å². The summed E-state index contributed by atoms with van der Waals surface area (Å²) >= 11 is 0. The summed E-state index contributed by atoms with van der Waals surface area (Å²) in [4.78, 5) is 26.3. The van der Waals surface area contributed by atoms with E-state index in [1.807, 2.05) is 11.8 Å². The van der Waals surface area contributed by atoms with Crippen molar-refractivity contribution < 1.29 is 9.59 Å². The Morgan fingerprint density at radius 2 is 1.96 bits per heavy atom. The van der Waals surface area contributed by atoms with Gasteiger partial charge in [0.05, 0.1) is 0 Å². The average Bonchev–Trinajstić information content (AvgIpc) is 2.56. The summed E-state index contributed by atoms with van der Waals surface area (Å²) < 4.78 is 0. The second-order valence-corrected chi connectivity index (χ2v) is 7.27. The van der Waals surface area contributed by atoms with Crippen LogP contribution >= 0.6 is 12.4 Å². The predicted molar refractivity (Wildman–Crippen MR) is 99.3 cm³/mol. The zero-order valence-corrected chi connectivity index (χ0v) is 16.0. The summed E-state index contributed by atoms with van der Waals surface area (Å²) in [5.41, 5.74) is 0. The molecule has 2 heterocycles. The van der Waals surface area contributed by atoms with Crippen LogP contribution in [0.3, 0.4) is 0 Å². The standard InChI is InChI=1S/C18H33N3O2.ClH/c1-3-5-17(22)20-16-6-4-11-21(13-16)18(23)12-14(2)15-7-9-19-10-8-15;/h14-16,19H,3-13H2,1-2H3,(H,20,22);1H. The number of likely N-dealkylation sites (tertiary alicyclic amines) is 1. The lowest BCUT2D eigenvalue weighted by molar-refractivity contribution is -0.135. The quantitative estimate of drug-likeness (QED) is 0.765. The molecule has 2 unspecified atom stereocenters. The van der Waals surface area contributed by atoms with Gasteiger partial charge in [-0.3, -0.25) is 9.59 Å². The summed E-state index contributed by atoms with van der Waals surface area (Å²) in [6.45, 7) is 7.93. The van der Waals surface area contributed by atoms with Gasteiger partial charge in [0.2, 0.25) is 11.8 Å². The molecule has 0 radical (unpaired) electrons. The Labute approximate surface area is 152 Å². The first-order valence-corrected chi connectivity index (χ1v) is 9.38. The zero-order chi connectivity index (χ0) is 16.7. The normalized spacial score (nSPS) is 23.2. The molecule has 0 aromatic heterocycles. The van der Waals surface area contributed by atoms with Crippen molar-refractivity contribution in [2.45, 2.75) is 64.8 Å². The van der Waals surface area contributed by atoms with Gasteiger partial charge in [-0.05, 0) is 57.0 Å². The second kappa shape index (κ2) is 10.9. The average molecular weight is 360 g/mol. The van der Waals surface area contributed by atoms with Gasteiger partial charge in [0.25, 0.3) is 0 Å². The van der Waals surface area contributed by atoms with Gasteiger partial charge in [-0.2, -0.15) is 0 Å². The number of rotatable bonds is 6. The number of carbonyl (C=O) groups is 2. The van der Waals surface area contributed by atoms with Gasteiger partial charge in [0.1, 0.15) is 0 Å². The molecule has 2 amide bonds. The van der Waals surface area contributed by atoms with Crippen LogP contribution in [0.4, 0.5) is 0 Å². The molecule has 5 nitrogen and oxygen atoms in total. The first-order chi connectivity index (χ1) is 11.1. The third kappa shape index (κ3) is 6.60. The van der Waals surface area contributed by atoms with Gasteiger partial charge in [0, 0.05) is 32.0 Å². The molecule has 6 heteroatoms. The van der Waals surface area contributed by atoms with Crippen molar-refractivity contribution in [3.8, 4) is 0 Å². The van der Waals surface area contributed by atoms with Crippen LogP contribution in [0, 0.1) is 11.8 Å². The van der Waals surface area contributed by atoms with Crippen molar-refractivity contribution in [1.82, 2.24) is 15.5 Å². The number of nitrogens with zero attached hydrogens (tertiary/aromatic N) is 1. The summed E-state index contributed by atoms with van der Waals surface area (Å²) in [5, 5.41) is 6.47. The fraction of sp³-hybridized carbons (Fsp3) is 0.889. The van der Waals surface area contributed by atoms with Crippen LogP contribution in [0.2, 0.25) is 0 Å². The van der Waals surface area contributed by atoms with Crippen molar-refractivity contribution in [3.05, 3.63) is 0 Å². The molecule has 2 N–H and O–H groups in total. The van der Waals surface area contributed by atoms with E-state index < -0.39 is 0 Å². The summed E-state index contributed by atoms with van der Waals surface area (Å²) in [7, 11) is 0. The fourth-order valence-corrected chi connectivity index (χ4v) is 3.83. The van der Waals surface area contributed by atoms with Crippen LogP contribution in [0.5, 0.6) is 0 Å². The van der Waals surface area contributed by atoms with E-state index in [1.165, 1.54) is 12.8 Å². The number of hydrogen-bond donors (Lipinski definition) is 2. The largest absolute Gasteiger partial charge is 0.352 e. The lowest BCUT2D eigenvalue weighted by atomic mass is 9.84. The van der Waals surface area contributed by atoms with Crippen LogP contribution in [0.1, 0.15) is 58.8 Å².